The van der Waals surface area contributed by atoms with E-state index < -0.39 is 0 Å². The summed E-state index contributed by atoms with van der Waals surface area (Å²) < 4.78 is 0. The van der Waals surface area contributed by atoms with Gasteiger partial charge in [-0.05, 0) is 24.3 Å². The number of anilines is 2. The third-order valence-corrected chi connectivity index (χ3v) is 3.78. The molecule has 0 saturated heterocycles. The van der Waals surface area contributed by atoms with E-state index in [1.165, 1.54) is 0 Å². The van der Waals surface area contributed by atoms with Crippen LogP contribution in [0.5, 0.6) is 0 Å². The summed E-state index contributed by atoms with van der Waals surface area (Å²) in [7, 11) is 0. The highest BCUT2D eigenvalue weighted by atomic mass is 15.0. The molecule has 2 aromatic heterocycles. The van der Waals surface area contributed by atoms with Crippen molar-refractivity contribution in [1.29, 1.82) is 0 Å². The number of hydrogen-bond acceptors (Lipinski definition) is 4. The maximum absolute atomic E-state index is 4.74. The Morgan fingerprint density at radius 2 is 1.32 bits per heavy atom. The summed E-state index contributed by atoms with van der Waals surface area (Å²) in [5.74, 6) is 1.44. The van der Waals surface area contributed by atoms with Crippen LogP contribution in [0, 0.1) is 0 Å². The van der Waals surface area contributed by atoms with Crippen molar-refractivity contribution in [2.75, 3.05) is 5.32 Å². The van der Waals surface area contributed by atoms with Crippen LogP contribution in [-0.2, 0) is 0 Å². The minimum Gasteiger partial charge on any atom is -0.340 e. The lowest BCUT2D eigenvalue weighted by Gasteiger charge is -2.10. The molecule has 2 aromatic carbocycles. The van der Waals surface area contributed by atoms with E-state index in [2.05, 4.69) is 15.3 Å². The smallest absolute Gasteiger partial charge is 0.162 e. The van der Waals surface area contributed by atoms with Gasteiger partial charge in [-0.1, -0.05) is 48.5 Å². The van der Waals surface area contributed by atoms with E-state index in [0.717, 1.165) is 28.3 Å². The van der Waals surface area contributed by atoms with Crippen LogP contribution in [0.3, 0.4) is 0 Å². The number of pyridine rings is 1. The van der Waals surface area contributed by atoms with E-state index in [1.54, 1.807) is 12.4 Å². The zero-order chi connectivity index (χ0) is 16.9. The summed E-state index contributed by atoms with van der Waals surface area (Å²) in [6.45, 7) is 0. The van der Waals surface area contributed by atoms with Crippen molar-refractivity contribution in [1.82, 2.24) is 15.0 Å². The molecule has 0 amide bonds. The van der Waals surface area contributed by atoms with Crippen molar-refractivity contribution in [3.8, 4) is 22.6 Å². The average Bonchev–Trinajstić information content (AvgIpc) is 2.70. The van der Waals surface area contributed by atoms with E-state index in [9.17, 15) is 0 Å². The summed E-state index contributed by atoms with van der Waals surface area (Å²) in [5, 5.41) is 3.36. The first-order valence-electron chi connectivity index (χ1n) is 8.05. The van der Waals surface area contributed by atoms with Crippen molar-refractivity contribution < 1.29 is 0 Å². The van der Waals surface area contributed by atoms with Gasteiger partial charge in [0.25, 0.3) is 0 Å². The molecular weight excluding hydrogens is 308 g/mol. The molecule has 0 aliphatic rings. The number of nitrogens with zero attached hydrogens (tertiary/aromatic N) is 3. The Balaban J connectivity index is 1.80. The Bertz CT molecular complexity index is 897. The first-order valence-corrected chi connectivity index (χ1v) is 8.05. The van der Waals surface area contributed by atoms with Crippen LogP contribution in [0.4, 0.5) is 11.5 Å². The molecule has 0 bridgehead atoms. The SMILES string of the molecule is c1ccc(Nc2cc(-c3ccncc3)nc(-c3ccccc3)n2)cc1. The molecule has 2 heterocycles. The van der Waals surface area contributed by atoms with Crippen molar-refractivity contribution in [2.45, 2.75) is 0 Å². The lowest BCUT2D eigenvalue weighted by Crippen LogP contribution is -1.99. The summed E-state index contributed by atoms with van der Waals surface area (Å²) in [4.78, 5) is 13.5. The molecule has 4 heteroatoms. The lowest BCUT2D eigenvalue weighted by atomic mass is 10.1. The number of rotatable bonds is 4. The van der Waals surface area contributed by atoms with Crippen LogP contribution in [-0.4, -0.2) is 15.0 Å². The number of aromatic nitrogens is 3. The van der Waals surface area contributed by atoms with Gasteiger partial charge in [-0.2, -0.15) is 0 Å². The minimum absolute atomic E-state index is 0.688. The topological polar surface area (TPSA) is 50.7 Å². The Kier molecular flexibility index (Phi) is 4.16. The maximum Gasteiger partial charge on any atom is 0.162 e. The molecule has 0 atom stereocenters. The fourth-order valence-corrected chi connectivity index (χ4v) is 2.57. The second-order valence-corrected chi connectivity index (χ2v) is 5.55. The maximum atomic E-state index is 4.74. The van der Waals surface area contributed by atoms with Gasteiger partial charge in [0.1, 0.15) is 5.82 Å². The van der Waals surface area contributed by atoms with Gasteiger partial charge < -0.3 is 5.32 Å². The van der Waals surface area contributed by atoms with Gasteiger partial charge in [-0.15, -0.1) is 0 Å². The van der Waals surface area contributed by atoms with Crippen LogP contribution in [0.1, 0.15) is 0 Å². The predicted molar refractivity (Wildman–Crippen MR) is 100 cm³/mol. The molecule has 0 aliphatic carbocycles. The van der Waals surface area contributed by atoms with Gasteiger partial charge >= 0.3 is 0 Å². The fourth-order valence-electron chi connectivity index (χ4n) is 2.57. The molecule has 120 valence electrons. The molecule has 1 N–H and O–H groups in total. The Morgan fingerprint density at radius 3 is 2.04 bits per heavy atom. The largest absolute Gasteiger partial charge is 0.340 e. The summed E-state index contributed by atoms with van der Waals surface area (Å²) in [5.41, 5.74) is 3.83. The molecule has 0 fully saturated rings. The second-order valence-electron chi connectivity index (χ2n) is 5.55. The van der Waals surface area contributed by atoms with Crippen molar-refractivity contribution in [3.63, 3.8) is 0 Å². The van der Waals surface area contributed by atoms with Gasteiger partial charge in [0.05, 0.1) is 5.69 Å². The predicted octanol–water partition coefficient (Wildman–Crippen LogP) is 4.95. The van der Waals surface area contributed by atoms with Gasteiger partial charge in [-0.25, -0.2) is 9.97 Å². The molecular formula is C21H16N4. The van der Waals surface area contributed by atoms with E-state index >= 15 is 0 Å². The standard InChI is InChI=1S/C21H16N4/c1-3-7-17(8-4-1)21-24-19(16-11-13-22-14-12-16)15-20(25-21)23-18-9-5-2-6-10-18/h1-15H,(H,23,24,25). The Labute approximate surface area is 146 Å². The number of para-hydroxylation sites is 1. The van der Waals surface area contributed by atoms with E-state index in [0.29, 0.717) is 5.82 Å². The Hall–Kier alpha value is -3.53. The van der Waals surface area contributed by atoms with Crippen LogP contribution in [0.25, 0.3) is 22.6 Å². The molecule has 0 aliphatic heterocycles. The van der Waals surface area contributed by atoms with Gasteiger partial charge in [0, 0.05) is 35.3 Å². The monoisotopic (exact) mass is 324 g/mol. The van der Waals surface area contributed by atoms with Gasteiger partial charge in [-0.3, -0.25) is 4.98 Å². The Morgan fingerprint density at radius 1 is 0.640 bits per heavy atom. The van der Waals surface area contributed by atoms with Gasteiger partial charge in [0.2, 0.25) is 0 Å². The van der Waals surface area contributed by atoms with Crippen LogP contribution < -0.4 is 5.32 Å². The normalized spacial score (nSPS) is 10.4. The van der Waals surface area contributed by atoms with Crippen LogP contribution >= 0.6 is 0 Å². The number of hydrogen-bond donors (Lipinski definition) is 1. The van der Waals surface area contributed by atoms with Crippen molar-refractivity contribution in [3.05, 3.63) is 91.3 Å². The quantitative estimate of drug-likeness (QED) is 0.577. The molecule has 4 nitrogen and oxygen atoms in total. The molecule has 0 unspecified atom stereocenters. The summed E-state index contributed by atoms with van der Waals surface area (Å²) in [6, 6.07) is 25.8. The highest BCUT2D eigenvalue weighted by molar-refractivity contribution is 5.69. The average molecular weight is 324 g/mol. The van der Waals surface area contributed by atoms with Crippen LogP contribution in [0.15, 0.2) is 91.3 Å². The first kappa shape index (κ1) is 15.0. The zero-order valence-electron chi connectivity index (χ0n) is 13.5. The lowest BCUT2D eigenvalue weighted by molar-refractivity contribution is 1.17. The molecule has 0 radical (unpaired) electrons. The van der Waals surface area contributed by atoms with E-state index in [4.69, 9.17) is 4.98 Å². The van der Waals surface area contributed by atoms with E-state index in [1.807, 2.05) is 78.9 Å². The highest BCUT2D eigenvalue weighted by Crippen LogP contribution is 2.25. The van der Waals surface area contributed by atoms with Crippen molar-refractivity contribution >= 4 is 11.5 Å². The highest BCUT2D eigenvalue weighted by Gasteiger charge is 2.09. The van der Waals surface area contributed by atoms with Gasteiger partial charge in [0.15, 0.2) is 5.82 Å². The molecule has 0 spiro atoms. The number of benzene rings is 2. The molecule has 0 saturated carbocycles. The minimum atomic E-state index is 0.688. The summed E-state index contributed by atoms with van der Waals surface area (Å²) in [6.07, 6.45) is 3.54. The molecule has 4 aromatic rings. The summed E-state index contributed by atoms with van der Waals surface area (Å²) >= 11 is 0. The second kappa shape index (κ2) is 6.93. The third-order valence-electron chi connectivity index (χ3n) is 3.78. The fraction of sp³-hybridized carbons (Fsp3) is 0. The van der Waals surface area contributed by atoms with Crippen LogP contribution in [0.2, 0.25) is 0 Å². The molecule has 25 heavy (non-hydrogen) atoms. The first-order chi connectivity index (χ1) is 12.4. The molecule has 4 rings (SSSR count). The number of nitrogens with one attached hydrogen (secondary N) is 1. The zero-order valence-corrected chi connectivity index (χ0v) is 13.5. The van der Waals surface area contributed by atoms with Crippen molar-refractivity contribution in [2.24, 2.45) is 0 Å². The third kappa shape index (κ3) is 3.53. The van der Waals surface area contributed by atoms with E-state index in [-0.39, 0.29) is 0 Å².